The van der Waals surface area contributed by atoms with E-state index in [1.807, 2.05) is 20.8 Å². The highest BCUT2D eigenvalue weighted by Gasteiger charge is 2.39. The van der Waals surface area contributed by atoms with Gasteiger partial charge in [0.05, 0.1) is 22.2 Å². The number of nitrogens with zero attached hydrogens (tertiary/aromatic N) is 2. The van der Waals surface area contributed by atoms with Gasteiger partial charge in [0, 0.05) is 31.5 Å². The van der Waals surface area contributed by atoms with Crippen molar-refractivity contribution in [3.05, 3.63) is 35.0 Å². The fraction of sp³-hybridized carbons (Fsp3) is 0.522. The van der Waals surface area contributed by atoms with Gasteiger partial charge in [-0.3, -0.25) is 9.59 Å². The third-order valence-electron chi connectivity index (χ3n) is 5.34. The molecule has 3 rings (SSSR count). The molecular weight excluding hydrogens is 471 g/mol. The Kier molecular flexibility index (Phi) is 7.56. The Bertz CT molecular complexity index is 1050. The standard InChI is InChI=1S/C23H28F3N3O4S/c1-13-20(34-12-28-13)14-5-6-15(18(7-14)33-23(24,25)26)10-27-21(32)17-8-16(30)11-29(17)19(31)9-22(2,3)4/h5-7,12,16-17,30H,8-11H2,1-4H3,(H,27,32)/t16-,17+/m1/s1. The van der Waals surface area contributed by atoms with Crippen LogP contribution in [0.3, 0.4) is 0 Å². The summed E-state index contributed by atoms with van der Waals surface area (Å²) in [5.41, 5.74) is 2.64. The van der Waals surface area contributed by atoms with E-state index in [2.05, 4.69) is 15.0 Å². The molecule has 0 spiro atoms. The van der Waals surface area contributed by atoms with E-state index < -0.39 is 30.2 Å². The van der Waals surface area contributed by atoms with Crippen LogP contribution in [0.25, 0.3) is 10.4 Å². The molecule has 1 aliphatic rings. The average Bonchev–Trinajstić information content (AvgIpc) is 3.30. The summed E-state index contributed by atoms with van der Waals surface area (Å²) in [6, 6.07) is 3.48. The molecule has 2 amide bonds. The van der Waals surface area contributed by atoms with Gasteiger partial charge >= 0.3 is 6.36 Å². The molecule has 11 heteroatoms. The number of hydrogen-bond donors (Lipinski definition) is 2. The van der Waals surface area contributed by atoms with Crippen LogP contribution in [-0.4, -0.2) is 51.9 Å². The SMILES string of the molecule is Cc1ncsc1-c1ccc(CNC(=O)[C@@H]2C[C@@H](O)CN2C(=O)CC(C)(C)C)c(OC(F)(F)F)c1. The molecule has 1 saturated heterocycles. The van der Waals surface area contributed by atoms with E-state index in [-0.39, 0.29) is 42.8 Å². The Morgan fingerprint density at radius 3 is 2.59 bits per heavy atom. The molecule has 186 valence electrons. The highest BCUT2D eigenvalue weighted by molar-refractivity contribution is 7.13. The van der Waals surface area contributed by atoms with Crippen molar-refractivity contribution in [3.8, 4) is 16.2 Å². The molecule has 0 saturated carbocycles. The molecular formula is C23H28F3N3O4S. The van der Waals surface area contributed by atoms with Crippen molar-refractivity contribution in [1.82, 2.24) is 15.2 Å². The number of benzene rings is 1. The van der Waals surface area contributed by atoms with E-state index in [4.69, 9.17) is 0 Å². The van der Waals surface area contributed by atoms with Gasteiger partial charge in [-0.1, -0.05) is 32.9 Å². The van der Waals surface area contributed by atoms with Crippen molar-refractivity contribution in [2.24, 2.45) is 5.41 Å². The lowest BCUT2D eigenvalue weighted by Crippen LogP contribution is -2.46. The van der Waals surface area contributed by atoms with Gasteiger partial charge in [-0.15, -0.1) is 24.5 Å². The quantitative estimate of drug-likeness (QED) is 0.626. The second-order valence-electron chi connectivity index (χ2n) is 9.54. The van der Waals surface area contributed by atoms with Crippen LogP contribution in [0.5, 0.6) is 5.75 Å². The monoisotopic (exact) mass is 499 g/mol. The van der Waals surface area contributed by atoms with E-state index in [9.17, 15) is 27.9 Å². The van der Waals surface area contributed by atoms with E-state index in [1.165, 1.54) is 28.4 Å². The van der Waals surface area contributed by atoms with Gasteiger partial charge in [-0.25, -0.2) is 4.98 Å². The number of hydrogen-bond acceptors (Lipinski definition) is 6. The summed E-state index contributed by atoms with van der Waals surface area (Å²) < 4.78 is 43.4. The van der Waals surface area contributed by atoms with Crippen molar-refractivity contribution in [2.45, 2.75) is 65.6 Å². The zero-order valence-electron chi connectivity index (χ0n) is 19.4. The summed E-state index contributed by atoms with van der Waals surface area (Å²) in [5.74, 6) is -1.22. The van der Waals surface area contributed by atoms with E-state index in [0.29, 0.717) is 11.3 Å². The summed E-state index contributed by atoms with van der Waals surface area (Å²) in [7, 11) is 0. The minimum absolute atomic E-state index is 0.0400. The lowest BCUT2D eigenvalue weighted by Gasteiger charge is -2.27. The first-order chi connectivity index (χ1) is 15.7. The molecule has 2 N–H and O–H groups in total. The van der Waals surface area contributed by atoms with Crippen LogP contribution in [0, 0.1) is 12.3 Å². The van der Waals surface area contributed by atoms with Gasteiger partial charge in [-0.2, -0.15) is 0 Å². The predicted molar refractivity (Wildman–Crippen MR) is 121 cm³/mol. The Morgan fingerprint density at radius 2 is 2.00 bits per heavy atom. The molecule has 1 fully saturated rings. The number of amides is 2. The van der Waals surface area contributed by atoms with Crippen LogP contribution in [-0.2, 0) is 16.1 Å². The number of likely N-dealkylation sites (tertiary alicyclic amines) is 1. The van der Waals surface area contributed by atoms with Gasteiger partial charge in [0.15, 0.2) is 0 Å². The second kappa shape index (κ2) is 9.91. The number of aryl methyl sites for hydroxylation is 1. The fourth-order valence-electron chi connectivity index (χ4n) is 3.83. The fourth-order valence-corrected chi connectivity index (χ4v) is 4.64. The van der Waals surface area contributed by atoms with E-state index in [1.54, 1.807) is 18.5 Å². The van der Waals surface area contributed by atoms with Crippen molar-refractivity contribution >= 4 is 23.2 Å². The number of rotatable bonds is 6. The summed E-state index contributed by atoms with van der Waals surface area (Å²) in [6.45, 7) is 7.25. The number of halogens is 3. The topological polar surface area (TPSA) is 91.8 Å². The molecule has 0 aliphatic carbocycles. The highest BCUT2D eigenvalue weighted by Crippen LogP contribution is 2.34. The Balaban J connectivity index is 1.77. The number of aliphatic hydroxyl groups is 1. The number of aliphatic hydroxyl groups excluding tert-OH is 1. The van der Waals surface area contributed by atoms with Crippen LogP contribution < -0.4 is 10.1 Å². The number of carbonyl (C=O) groups excluding carboxylic acids is 2. The van der Waals surface area contributed by atoms with Gasteiger partial charge in [-0.05, 0) is 24.0 Å². The first-order valence-electron chi connectivity index (χ1n) is 10.8. The Morgan fingerprint density at radius 1 is 1.29 bits per heavy atom. The largest absolute Gasteiger partial charge is 0.573 e. The Hall–Kier alpha value is -2.66. The highest BCUT2D eigenvalue weighted by atomic mass is 32.1. The number of alkyl halides is 3. The van der Waals surface area contributed by atoms with Crippen LogP contribution >= 0.6 is 11.3 Å². The third kappa shape index (κ3) is 6.69. The summed E-state index contributed by atoms with van der Waals surface area (Å²) in [6.07, 6.45) is -5.49. The normalized spacial score (nSPS) is 18.8. The summed E-state index contributed by atoms with van der Waals surface area (Å²) in [5, 5.41) is 12.6. The smallest absolute Gasteiger partial charge is 0.405 e. The molecule has 0 radical (unpaired) electrons. The maximum atomic E-state index is 13.0. The molecule has 1 aromatic carbocycles. The number of thiazole rings is 1. The van der Waals surface area contributed by atoms with Gasteiger partial charge in [0.25, 0.3) is 0 Å². The van der Waals surface area contributed by atoms with Crippen molar-refractivity contribution in [3.63, 3.8) is 0 Å². The number of nitrogens with one attached hydrogen (secondary N) is 1. The van der Waals surface area contributed by atoms with Gasteiger partial charge in [0.1, 0.15) is 11.8 Å². The van der Waals surface area contributed by atoms with Crippen molar-refractivity contribution in [2.75, 3.05) is 6.54 Å². The minimum Gasteiger partial charge on any atom is -0.405 e. The number of ether oxygens (including phenoxy) is 1. The molecule has 2 atom stereocenters. The van der Waals surface area contributed by atoms with Gasteiger partial charge < -0.3 is 20.1 Å². The number of carbonyl (C=O) groups is 2. The van der Waals surface area contributed by atoms with E-state index >= 15 is 0 Å². The van der Waals surface area contributed by atoms with E-state index in [0.717, 1.165) is 4.88 Å². The average molecular weight is 500 g/mol. The molecule has 7 nitrogen and oxygen atoms in total. The van der Waals surface area contributed by atoms with Gasteiger partial charge in [0.2, 0.25) is 11.8 Å². The predicted octanol–water partition coefficient (Wildman–Crippen LogP) is 4.03. The summed E-state index contributed by atoms with van der Waals surface area (Å²) >= 11 is 1.30. The summed E-state index contributed by atoms with van der Waals surface area (Å²) in [4.78, 5) is 31.7. The van der Waals surface area contributed by atoms with Crippen molar-refractivity contribution in [1.29, 1.82) is 0 Å². The molecule has 1 aromatic heterocycles. The van der Waals surface area contributed by atoms with Crippen LogP contribution in [0.2, 0.25) is 0 Å². The zero-order chi connectivity index (χ0) is 25.3. The first-order valence-corrected chi connectivity index (χ1v) is 11.7. The lowest BCUT2D eigenvalue weighted by molar-refractivity contribution is -0.274. The van der Waals surface area contributed by atoms with Crippen molar-refractivity contribution < 1.29 is 32.6 Å². The Labute approximate surface area is 199 Å². The molecule has 2 aromatic rings. The third-order valence-corrected chi connectivity index (χ3v) is 6.31. The lowest BCUT2D eigenvalue weighted by atomic mass is 9.91. The minimum atomic E-state index is -4.91. The number of β-amino-alcohol motifs (C(OH)–C–C–N with tert-alkyl or cyclic N) is 1. The molecule has 0 bridgehead atoms. The van der Waals surface area contributed by atoms with Crippen LogP contribution in [0.15, 0.2) is 23.7 Å². The molecule has 0 unspecified atom stereocenters. The zero-order valence-corrected chi connectivity index (χ0v) is 20.2. The van der Waals surface area contributed by atoms with Crippen LogP contribution in [0.1, 0.15) is 44.9 Å². The first kappa shape index (κ1) is 26.0. The van der Waals surface area contributed by atoms with Crippen LogP contribution in [0.4, 0.5) is 13.2 Å². The maximum absolute atomic E-state index is 13.0. The molecule has 34 heavy (non-hydrogen) atoms. The molecule has 2 heterocycles. The second-order valence-corrected chi connectivity index (χ2v) is 10.4. The maximum Gasteiger partial charge on any atom is 0.573 e. The number of aromatic nitrogens is 1. The molecule has 1 aliphatic heterocycles.